The lowest BCUT2D eigenvalue weighted by atomic mass is 10.0. The molecule has 0 aromatic heterocycles. The Morgan fingerprint density at radius 3 is 1.36 bits per heavy atom. The Balaban J connectivity index is 2.63. The molecule has 1 fully saturated rings. The van der Waals surface area contributed by atoms with E-state index in [4.69, 9.17) is 25.5 Å². The van der Waals surface area contributed by atoms with Crippen LogP contribution in [-0.2, 0) is 4.74 Å². The van der Waals surface area contributed by atoms with Crippen LogP contribution in [0.4, 0.5) is 0 Å². The zero-order chi connectivity index (χ0) is 8.59. The van der Waals surface area contributed by atoms with Crippen LogP contribution >= 0.6 is 0 Å². The minimum absolute atomic E-state index is 1.59. The van der Waals surface area contributed by atoms with Crippen LogP contribution in [0.3, 0.4) is 0 Å². The van der Waals surface area contributed by atoms with Crippen LogP contribution in [0.2, 0.25) is 0 Å². The van der Waals surface area contributed by atoms with Gasteiger partial charge in [0.2, 0.25) is 0 Å². The van der Waals surface area contributed by atoms with E-state index >= 15 is 0 Å². The Kier molecular flexibility index (Phi) is 2.43. The molecule has 0 aliphatic carbocycles. The fourth-order valence-electron chi connectivity index (χ4n) is 0.843. The molecule has 5 atom stereocenters. The fourth-order valence-corrected chi connectivity index (χ4v) is 0.843. The van der Waals surface area contributed by atoms with Crippen molar-refractivity contribution in [2.75, 3.05) is 0 Å². The third-order valence-corrected chi connectivity index (χ3v) is 1.56. The molecule has 1 rings (SSSR count). The van der Waals surface area contributed by atoms with Crippen molar-refractivity contribution in [3.63, 3.8) is 0 Å². The van der Waals surface area contributed by atoms with E-state index in [1.54, 1.807) is 0 Å². The molecule has 0 bridgehead atoms. The van der Waals surface area contributed by atoms with E-state index < -0.39 is 30.9 Å². The molecule has 1 saturated heterocycles. The van der Waals surface area contributed by atoms with Gasteiger partial charge in [-0.2, -0.15) is 0 Å². The van der Waals surface area contributed by atoms with Gasteiger partial charge < -0.3 is 30.3 Å². The highest BCUT2D eigenvalue weighted by atomic mass is 16.7. The van der Waals surface area contributed by atoms with Gasteiger partial charge >= 0.3 is 0 Å². The second-order valence-electron chi connectivity index (χ2n) is 2.39. The van der Waals surface area contributed by atoms with E-state index in [0.29, 0.717) is 0 Å². The second-order valence-corrected chi connectivity index (χ2v) is 2.39. The number of hydrogen-bond acceptors (Lipinski definition) is 6. The first kappa shape index (κ1) is 8.85. The summed E-state index contributed by atoms with van der Waals surface area (Å²) in [7, 11) is 0. The van der Waals surface area contributed by atoms with Crippen LogP contribution in [0, 0.1) is 0 Å². The van der Waals surface area contributed by atoms with Crippen LogP contribution in [-0.4, -0.2) is 56.4 Å². The largest absolute Gasteiger partial charge is 0.387 e. The molecule has 1 aliphatic heterocycles. The number of ether oxygens (including phenoxy) is 1. The summed E-state index contributed by atoms with van der Waals surface area (Å²) in [6.07, 6.45) is -8.10. The molecule has 0 aromatic rings. The smallest absolute Gasteiger partial charge is 0.186 e. The van der Waals surface area contributed by atoms with Gasteiger partial charge in [-0.25, -0.2) is 0 Å². The molecular weight excluding hydrogens is 156 g/mol. The molecule has 5 N–H and O–H groups in total. The first-order valence-corrected chi connectivity index (χ1v) is 3.10. The highest BCUT2D eigenvalue weighted by Gasteiger charge is 2.42. The third-order valence-electron chi connectivity index (χ3n) is 1.56. The molecular formula is C5H10O6. The zero-order valence-electron chi connectivity index (χ0n) is 5.53. The molecule has 0 amide bonds. The van der Waals surface area contributed by atoms with Gasteiger partial charge in [-0.3, -0.25) is 0 Å². The maximum absolute atomic E-state index is 8.89. The Bertz CT molecular complexity index is 125. The van der Waals surface area contributed by atoms with Crippen molar-refractivity contribution in [2.24, 2.45) is 0 Å². The van der Waals surface area contributed by atoms with E-state index in [1.165, 1.54) is 0 Å². The average molecular weight is 166 g/mol. The lowest BCUT2D eigenvalue weighted by Crippen LogP contribution is -2.57. The maximum Gasteiger partial charge on any atom is 0.186 e. The van der Waals surface area contributed by atoms with E-state index in [1.807, 2.05) is 0 Å². The van der Waals surface area contributed by atoms with E-state index in [-0.39, 0.29) is 0 Å². The summed E-state index contributed by atoms with van der Waals surface area (Å²) in [5.74, 6) is 0. The van der Waals surface area contributed by atoms with Gasteiger partial charge in [-0.05, 0) is 0 Å². The standard InChI is InChI=1S/C5H10O6/c6-1-2(7)4(9)11-5(10)3(1)8/h1-10H/t1-,2-,3+,4-,5-/m1/s1. The molecule has 1 heterocycles. The van der Waals surface area contributed by atoms with Crippen molar-refractivity contribution < 1.29 is 30.3 Å². The number of aliphatic hydroxyl groups excluding tert-OH is 5. The van der Waals surface area contributed by atoms with Crippen molar-refractivity contribution in [3.05, 3.63) is 0 Å². The van der Waals surface area contributed by atoms with Gasteiger partial charge in [0.1, 0.15) is 18.3 Å². The predicted octanol–water partition coefficient (Wildman–Crippen LogP) is -3.26. The van der Waals surface area contributed by atoms with Crippen LogP contribution in [0.15, 0.2) is 0 Å². The predicted molar refractivity (Wildman–Crippen MR) is 31.1 cm³/mol. The van der Waals surface area contributed by atoms with Crippen LogP contribution in [0.25, 0.3) is 0 Å². The van der Waals surface area contributed by atoms with Crippen molar-refractivity contribution in [1.82, 2.24) is 0 Å². The van der Waals surface area contributed by atoms with Crippen LogP contribution in [0.1, 0.15) is 0 Å². The van der Waals surface area contributed by atoms with E-state index in [9.17, 15) is 0 Å². The van der Waals surface area contributed by atoms with Crippen LogP contribution < -0.4 is 0 Å². The Labute approximate surface area is 62.3 Å². The summed E-state index contributed by atoms with van der Waals surface area (Å²) in [5, 5.41) is 44.0. The first-order valence-electron chi connectivity index (χ1n) is 3.10. The zero-order valence-corrected chi connectivity index (χ0v) is 5.53. The van der Waals surface area contributed by atoms with Gasteiger partial charge in [-0.15, -0.1) is 0 Å². The minimum Gasteiger partial charge on any atom is -0.387 e. The highest BCUT2D eigenvalue weighted by Crippen LogP contribution is 2.17. The summed E-state index contributed by atoms with van der Waals surface area (Å²) in [6.45, 7) is 0. The van der Waals surface area contributed by atoms with Gasteiger partial charge in [-0.1, -0.05) is 0 Å². The average Bonchev–Trinajstić information content (AvgIpc) is 1.97. The normalized spacial score (nSPS) is 52.6. The SMILES string of the molecule is O[C@@H]1[C@@H](O)[C@H](O)O[C@@H](O)[C@H]1O. The molecule has 0 aromatic carbocycles. The molecule has 6 heteroatoms. The lowest BCUT2D eigenvalue weighted by Gasteiger charge is -2.35. The van der Waals surface area contributed by atoms with Crippen molar-refractivity contribution in [2.45, 2.75) is 30.9 Å². The Morgan fingerprint density at radius 2 is 1.00 bits per heavy atom. The summed E-state index contributed by atoms with van der Waals surface area (Å²) >= 11 is 0. The number of rotatable bonds is 0. The van der Waals surface area contributed by atoms with Crippen molar-refractivity contribution in [3.8, 4) is 0 Å². The summed E-state index contributed by atoms with van der Waals surface area (Å²) in [4.78, 5) is 0. The monoisotopic (exact) mass is 166 g/mol. The molecule has 0 unspecified atom stereocenters. The molecule has 11 heavy (non-hydrogen) atoms. The van der Waals surface area contributed by atoms with E-state index in [2.05, 4.69) is 4.74 Å². The molecule has 66 valence electrons. The third kappa shape index (κ3) is 1.51. The summed E-state index contributed by atoms with van der Waals surface area (Å²) in [6, 6.07) is 0. The van der Waals surface area contributed by atoms with Crippen molar-refractivity contribution in [1.29, 1.82) is 0 Å². The Morgan fingerprint density at radius 1 is 0.636 bits per heavy atom. The molecule has 0 radical (unpaired) electrons. The highest BCUT2D eigenvalue weighted by molar-refractivity contribution is 4.83. The van der Waals surface area contributed by atoms with Gasteiger partial charge in [0.25, 0.3) is 0 Å². The van der Waals surface area contributed by atoms with Crippen molar-refractivity contribution >= 4 is 0 Å². The molecule has 1 aliphatic rings. The summed E-state index contributed by atoms with van der Waals surface area (Å²) < 4.78 is 4.23. The fraction of sp³-hybridized carbons (Fsp3) is 1.00. The maximum atomic E-state index is 8.89. The van der Waals surface area contributed by atoms with Gasteiger partial charge in [0, 0.05) is 0 Å². The number of aliphatic hydroxyl groups is 5. The Hall–Kier alpha value is -0.240. The quantitative estimate of drug-likeness (QED) is 0.258. The second kappa shape index (κ2) is 3.02. The minimum atomic E-state index is -1.66. The lowest BCUT2D eigenvalue weighted by molar-refractivity contribution is -0.328. The number of hydrogen-bond donors (Lipinski definition) is 5. The van der Waals surface area contributed by atoms with Gasteiger partial charge in [0.15, 0.2) is 12.6 Å². The van der Waals surface area contributed by atoms with E-state index in [0.717, 1.165) is 0 Å². The first-order chi connectivity index (χ1) is 5.04. The topological polar surface area (TPSA) is 110 Å². The molecule has 6 nitrogen and oxygen atoms in total. The molecule has 0 spiro atoms. The molecule has 0 saturated carbocycles. The van der Waals surface area contributed by atoms with Crippen LogP contribution in [0.5, 0.6) is 0 Å². The summed E-state index contributed by atoms with van der Waals surface area (Å²) in [5.41, 5.74) is 0. The van der Waals surface area contributed by atoms with Gasteiger partial charge in [0.05, 0.1) is 0 Å².